The summed E-state index contributed by atoms with van der Waals surface area (Å²) in [5.74, 6) is 3.51. The van der Waals surface area contributed by atoms with Crippen LogP contribution < -0.4 is 4.90 Å². The van der Waals surface area contributed by atoms with Gasteiger partial charge >= 0.3 is 0 Å². The third-order valence-corrected chi connectivity index (χ3v) is 5.27. The standard InChI is InChI=1S/C16H20N6S/c1-11-19-12(2)22(20-11)9-13-4-3-6-21(8-13)15-14-5-7-23-16(14)18-10-17-15/h5,7,10,13H,3-4,6,8-9H2,1-2H3/t13-/m0/s1. The average molecular weight is 328 g/mol. The molecule has 0 saturated carbocycles. The van der Waals surface area contributed by atoms with Gasteiger partial charge in [0.05, 0.1) is 5.39 Å². The highest BCUT2D eigenvalue weighted by molar-refractivity contribution is 7.16. The maximum Gasteiger partial charge on any atom is 0.147 e. The van der Waals surface area contributed by atoms with Gasteiger partial charge in [0.25, 0.3) is 0 Å². The van der Waals surface area contributed by atoms with Crippen LogP contribution >= 0.6 is 11.3 Å². The van der Waals surface area contributed by atoms with E-state index in [1.54, 1.807) is 17.7 Å². The van der Waals surface area contributed by atoms with E-state index in [-0.39, 0.29) is 0 Å². The Balaban J connectivity index is 1.55. The first-order chi connectivity index (χ1) is 11.2. The number of anilines is 1. The van der Waals surface area contributed by atoms with Crippen molar-refractivity contribution in [3.63, 3.8) is 0 Å². The highest BCUT2D eigenvalue weighted by Crippen LogP contribution is 2.30. The van der Waals surface area contributed by atoms with Gasteiger partial charge in [-0.05, 0) is 44.1 Å². The van der Waals surface area contributed by atoms with Crippen molar-refractivity contribution in [2.24, 2.45) is 5.92 Å². The van der Waals surface area contributed by atoms with E-state index in [9.17, 15) is 0 Å². The second kappa shape index (κ2) is 5.88. The van der Waals surface area contributed by atoms with Crippen molar-refractivity contribution in [2.45, 2.75) is 33.2 Å². The fourth-order valence-corrected chi connectivity index (χ4v) is 4.14. The summed E-state index contributed by atoms with van der Waals surface area (Å²) in [6, 6.07) is 2.13. The van der Waals surface area contributed by atoms with Crippen LogP contribution in [0.1, 0.15) is 24.5 Å². The molecule has 0 amide bonds. The monoisotopic (exact) mass is 328 g/mol. The van der Waals surface area contributed by atoms with Crippen LogP contribution in [-0.4, -0.2) is 37.8 Å². The van der Waals surface area contributed by atoms with Gasteiger partial charge in [-0.15, -0.1) is 11.3 Å². The van der Waals surface area contributed by atoms with Crippen molar-refractivity contribution >= 4 is 27.4 Å². The minimum Gasteiger partial charge on any atom is -0.356 e. The Labute approximate surface area is 139 Å². The van der Waals surface area contributed by atoms with Gasteiger partial charge in [-0.1, -0.05) is 0 Å². The predicted molar refractivity (Wildman–Crippen MR) is 91.8 cm³/mol. The molecular formula is C16H20N6S. The summed E-state index contributed by atoms with van der Waals surface area (Å²) in [5, 5.41) is 7.77. The van der Waals surface area contributed by atoms with E-state index in [4.69, 9.17) is 0 Å². The first-order valence-electron chi connectivity index (χ1n) is 8.02. The number of aryl methyl sites for hydroxylation is 2. The third kappa shape index (κ3) is 2.81. The zero-order valence-corrected chi connectivity index (χ0v) is 14.3. The second-order valence-electron chi connectivity index (χ2n) is 6.18. The van der Waals surface area contributed by atoms with E-state index in [2.05, 4.69) is 36.4 Å². The number of piperidine rings is 1. The molecule has 0 bridgehead atoms. The number of rotatable bonds is 3. The van der Waals surface area contributed by atoms with Gasteiger partial charge in [-0.25, -0.2) is 19.6 Å². The van der Waals surface area contributed by atoms with Crippen molar-refractivity contribution in [1.29, 1.82) is 0 Å². The smallest absolute Gasteiger partial charge is 0.147 e. The van der Waals surface area contributed by atoms with Crippen LogP contribution in [0.5, 0.6) is 0 Å². The predicted octanol–water partition coefficient (Wildman–Crippen LogP) is 2.82. The molecule has 7 heteroatoms. The lowest BCUT2D eigenvalue weighted by Crippen LogP contribution is -2.38. The van der Waals surface area contributed by atoms with E-state index < -0.39 is 0 Å². The molecule has 1 fully saturated rings. The molecule has 0 N–H and O–H groups in total. The largest absolute Gasteiger partial charge is 0.356 e. The zero-order chi connectivity index (χ0) is 15.8. The molecule has 1 saturated heterocycles. The van der Waals surface area contributed by atoms with E-state index in [1.807, 2.05) is 18.5 Å². The van der Waals surface area contributed by atoms with Gasteiger partial charge in [0.1, 0.15) is 28.6 Å². The zero-order valence-electron chi connectivity index (χ0n) is 13.4. The normalized spacial score (nSPS) is 18.7. The molecule has 4 rings (SSSR count). The lowest BCUT2D eigenvalue weighted by molar-refractivity contribution is 0.347. The lowest BCUT2D eigenvalue weighted by atomic mass is 9.98. The Morgan fingerprint density at radius 2 is 2.22 bits per heavy atom. The molecule has 0 aromatic carbocycles. The van der Waals surface area contributed by atoms with Gasteiger partial charge in [0, 0.05) is 19.6 Å². The molecule has 6 nitrogen and oxygen atoms in total. The molecule has 1 aliphatic heterocycles. The molecule has 4 heterocycles. The Hall–Kier alpha value is -2.02. The maximum absolute atomic E-state index is 4.55. The van der Waals surface area contributed by atoms with Gasteiger partial charge in [0.15, 0.2) is 0 Å². The van der Waals surface area contributed by atoms with Gasteiger partial charge in [0.2, 0.25) is 0 Å². The fraction of sp³-hybridized carbons (Fsp3) is 0.500. The van der Waals surface area contributed by atoms with Crippen molar-refractivity contribution in [3.05, 3.63) is 29.4 Å². The first-order valence-corrected chi connectivity index (χ1v) is 8.90. The minimum absolute atomic E-state index is 0.576. The molecule has 120 valence electrons. The third-order valence-electron chi connectivity index (χ3n) is 4.45. The van der Waals surface area contributed by atoms with Crippen LogP contribution in [0.3, 0.4) is 0 Å². The highest BCUT2D eigenvalue weighted by atomic mass is 32.1. The molecule has 0 unspecified atom stereocenters. The molecule has 1 aliphatic rings. The summed E-state index contributed by atoms with van der Waals surface area (Å²) in [4.78, 5) is 16.8. The molecule has 0 spiro atoms. The average Bonchev–Trinajstić information content (AvgIpc) is 3.14. The van der Waals surface area contributed by atoms with E-state index in [0.29, 0.717) is 5.92 Å². The molecule has 1 atom stereocenters. The number of fused-ring (bicyclic) bond motifs is 1. The molecule has 0 radical (unpaired) electrons. The molecule has 3 aromatic heterocycles. The van der Waals surface area contributed by atoms with Gasteiger partial charge < -0.3 is 4.90 Å². The number of thiophene rings is 1. The molecule has 0 aliphatic carbocycles. The summed E-state index contributed by atoms with van der Waals surface area (Å²) < 4.78 is 2.05. The number of aromatic nitrogens is 5. The summed E-state index contributed by atoms with van der Waals surface area (Å²) in [6.45, 7) is 6.99. The fourth-order valence-electron chi connectivity index (χ4n) is 3.41. The van der Waals surface area contributed by atoms with Crippen LogP contribution in [0, 0.1) is 19.8 Å². The minimum atomic E-state index is 0.576. The van der Waals surface area contributed by atoms with Crippen LogP contribution in [-0.2, 0) is 6.54 Å². The molecular weight excluding hydrogens is 308 g/mol. The number of hydrogen-bond donors (Lipinski definition) is 0. The number of hydrogen-bond acceptors (Lipinski definition) is 6. The highest BCUT2D eigenvalue weighted by Gasteiger charge is 2.23. The van der Waals surface area contributed by atoms with Gasteiger partial charge in [-0.3, -0.25) is 0 Å². The Morgan fingerprint density at radius 1 is 1.30 bits per heavy atom. The molecule has 23 heavy (non-hydrogen) atoms. The van der Waals surface area contributed by atoms with E-state index in [0.717, 1.165) is 41.9 Å². The topological polar surface area (TPSA) is 59.7 Å². The molecule has 3 aromatic rings. The van der Waals surface area contributed by atoms with Crippen molar-refractivity contribution in [1.82, 2.24) is 24.7 Å². The van der Waals surface area contributed by atoms with Crippen LogP contribution in [0.2, 0.25) is 0 Å². The maximum atomic E-state index is 4.55. The quantitative estimate of drug-likeness (QED) is 0.740. The number of nitrogens with zero attached hydrogens (tertiary/aromatic N) is 6. The SMILES string of the molecule is Cc1nc(C)n(C[C@H]2CCCN(c3ncnc4sccc34)C2)n1. The summed E-state index contributed by atoms with van der Waals surface area (Å²) >= 11 is 1.67. The summed E-state index contributed by atoms with van der Waals surface area (Å²) in [7, 11) is 0. The first kappa shape index (κ1) is 14.6. The van der Waals surface area contributed by atoms with Gasteiger partial charge in [-0.2, -0.15) is 5.10 Å². The lowest BCUT2D eigenvalue weighted by Gasteiger charge is -2.33. The summed E-state index contributed by atoms with van der Waals surface area (Å²) in [5.41, 5.74) is 0. The van der Waals surface area contributed by atoms with Crippen molar-refractivity contribution < 1.29 is 0 Å². The van der Waals surface area contributed by atoms with Crippen molar-refractivity contribution in [2.75, 3.05) is 18.0 Å². The van der Waals surface area contributed by atoms with E-state index >= 15 is 0 Å². The second-order valence-corrected chi connectivity index (χ2v) is 7.07. The van der Waals surface area contributed by atoms with Crippen LogP contribution in [0.25, 0.3) is 10.2 Å². The Kier molecular flexibility index (Phi) is 3.72. The Morgan fingerprint density at radius 3 is 3.04 bits per heavy atom. The van der Waals surface area contributed by atoms with Crippen LogP contribution in [0.15, 0.2) is 17.8 Å². The van der Waals surface area contributed by atoms with Crippen LogP contribution in [0.4, 0.5) is 5.82 Å². The van der Waals surface area contributed by atoms with E-state index in [1.165, 1.54) is 18.2 Å². The summed E-state index contributed by atoms with van der Waals surface area (Å²) in [6.07, 6.45) is 4.10. The van der Waals surface area contributed by atoms with Crippen molar-refractivity contribution in [3.8, 4) is 0 Å². The Bertz CT molecular complexity index is 823.